The van der Waals surface area contributed by atoms with Gasteiger partial charge >= 0.3 is 10.1 Å². The van der Waals surface area contributed by atoms with Crippen molar-refractivity contribution in [2.75, 3.05) is 0 Å². The molecule has 6 rings (SSSR count). The normalized spacial score (nSPS) is 10.4. The Morgan fingerprint density at radius 3 is 1.24 bits per heavy atom. The molecule has 0 bridgehead atoms. The molecule has 4 nitrogen and oxygen atoms in total. The van der Waals surface area contributed by atoms with E-state index in [0.29, 0.717) is 0 Å². The Bertz CT molecular complexity index is 1350. The molecular formula is C26H20BeN2O2S2. The summed E-state index contributed by atoms with van der Waals surface area (Å²) in [7, 11) is 0. The number of rotatable bonds is 2. The summed E-state index contributed by atoms with van der Waals surface area (Å²) in [5.41, 5.74) is 3.55. The van der Waals surface area contributed by atoms with Crippen LogP contribution in [0.5, 0.6) is 11.5 Å². The van der Waals surface area contributed by atoms with Crippen LogP contribution in [0.3, 0.4) is 0 Å². The molecule has 0 saturated carbocycles. The van der Waals surface area contributed by atoms with Gasteiger partial charge in [-0.05, 0) is 48.5 Å². The third kappa shape index (κ3) is 4.78. The van der Waals surface area contributed by atoms with Gasteiger partial charge in [-0.3, -0.25) is 0 Å². The Kier molecular flexibility index (Phi) is 6.80. The number of aromatic nitrogens is 2. The summed E-state index contributed by atoms with van der Waals surface area (Å²) < 4.78 is 2.28. The van der Waals surface area contributed by atoms with Crippen LogP contribution >= 0.6 is 22.7 Å². The predicted molar refractivity (Wildman–Crippen MR) is 142 cm³/mol. The minimum atomic E-state index is 0. The first-order chi connectivity index (χ1) is 15.7. The summed E-state index contributed by atoms with van der Waals surface area (Å²) in [5.74, 6) is 0.558. The average molecular weight is 466 g/mol. The fourth-order valence-electron chi connectivity index (χ4n) is 3.28. The number of fused-ring (bicyclic) bond motifs is 2. The van der Waals surface area contributed by atoms with Crippen molar-refractivity contribution in [3.8, 4) is 32.6 Å². The fraction of sp³-hybridized carbons (Fsp3) is 0. The average Bonchev–Trinajstić information content (AvgIpc) is 3.44. The SMILES string of the molecule is Oc1ccccc1-c1nc2ccccc2s1.Oc1ccccc1-c1nc2ccccc2s1.[BeH2]. The summed E-state index contributed by atoms with van der Waals surface area (Å²) >= 11 is 3.19. The third-order valence-corrected chi connectivity index (χ3v) is 7.00. The van der Waals surface area contributed by atoms with E-state index in [0.717, 1.165) is 41.6 Å². The van der Waals surface area contributed by atoms with Gasteiger partial charge in [-0.1, -0.05) is 48.5 Å². The van der Waals surface area contributed by atoms with E-state index >= 15 is 0 Å². The van der Waals surface area contributed by atoms with E-state index in [1.807, 2.05) is 84.9 Å². The summed E-state index contributed by atoms with van der Waals surface area (Å²) in [6.45, 7) is 0. The second-order valence-corrected chi connectivity index (χ2v) is 9.07. The summed E-state index contributed by atoms with van der Waals surface area (Å²) in [5, 5.41) is 21.2. The molecule has 0 saturated heterocycles. The summed E-state index contributed by atoms with van der Waals surface area (Å²) in [4.78, 5) is 9.00. The number of phenolic OH excluding ortho intramolecular Hbond substituents is 2. The van der Waals surface area contributed by atoms with Gasteiger partial charge in [0.25, 0.3) is 0 Å². The Morgan fingerprint density at radius 1 is 0.485 bits per heavy atom. The van der Waals surface area contributed by atoms with Crippen LogP contribution in [-0.2, 0) is 0 Å². The number of aromatic hydroxyl groups is 2. The van der Waals surface area contributed by atoms with Gasteiger partial charge in [0, 0.05) is 0 Å². The number of phenols is 2. The molecule has 7 heteroatoms. The van der Waals surface area contributed by atoms with E-state index in [-0.39, 0.29) is 21.6 Å². The van der Waals surface area contributed by atoms with Gasteiger partial charge in [-0.25, -0.2) is 9.97 Å². The van der Waals surface area contributed by atoms with E-state index in [9.17, 15) is 10.2 Å². The first-order valence-electron chi connectivity index (χ1n) is 9.97. The second-order valence-electron chi connectivity index (χ2n) is 7.01. The number of hydrogen-bond donors (Lipinski definition) is 2. The van der Waals surface area contributed by atoms with Crippen molar-refractivity contribution in [3.63, 3.8) is 0 Å². The zero-order valence-electron chi connectivity index (χ0n) is 16.8. The van der Waals surface area contributed by atoms with Crippen LogP contribution in [0, 0.1) is 0 Å². The molecule has 6 aromatic rings. The van der Waals surface area contributed by atoms with Crippen molar-refractivity contribution in [1.82, 2.24) is 9.97 Å². The zero-order valence-corrected chi connectivity index (χ0v) is 18.5. The van der Waals surface area contributed by atoms with E-state index in [2.05, 4.69) is 9.97 Å². The molecule has 0 radical (unpaired) electrons. The van der Waals surface area contributed by atoms with Gasteiger partial charge in [-0.2, -0.15) is 0 Å². The van der Waals surface area contributed by atoms with Gasteiger partial charge in [0.15, 0.2) is 0 Å². The van der Waals surface area contributed by atoms with Crippen molar-refractivity contribution < 1.29 is 10.2 Å². The molecule has 33 heavy (non-hydrogen) atoms. The molecule has 0 amide bonds. The van der Waals surface area contributed by atoms with Gasteiger partial charge in [-0.15, -0.1) is 22.7 Å². The molecule has 0 aliphatic heterocycles. The molecule has 0 spiro atoms. The molecule has 2 aromatic heterocycles. The fourth-order valence-corrected chi connectivity index (χ4v) is 5.28. The number of nitrogens with zero attached hydrogens (tertiary/aromatic N) is 2. The molecule has 0 aliphatic rings. The van der Waals surface area contributed by atoms with Crippen LogP contribution in [0.15, 0.2) is 97.1 Å². The second kappa shape index (κ2) is 9.92. The molecule has 0 unspecified atom stereocenters. The van der Waals surface area contributed by atoms with Crippen molar-refractivity contribution in [2.24, 2.45) is 0 Å². The van der Waals surface area contributed by atoms with E-state index in [1.54, 1.807) is 34.8 Å². The Balaban J connectivity index is 0.000000152. The molecule has 2 N–H and O–H groups in total. The maximum absolute atomic E-state index is 9.76. The quantitative estimate of drug-likeness (QED) is 0.290. The van der Waals surface area contributed by atoms with Gasteiger partial charge in [0.05, 0.1) is 31.6 Å². The molecule has 0 atom stereocenters. The van der Waals surface area contributed by atoms with Gasteiger partial charge < -0.3 is 10.2 Å². The van der Waals surface area contributed by atoms with Gasteiger partial charge in [0.2, 0.25) is 0 Å². The van der Waals surface area contributed by atoms with E-state index < -0.39 is 0 Å². The number of thiazole rings is 2. The van der Waals surface area contributed by atoms with Gasteiger partial charge in [0.1, 0.15) is 21.5 Å². The van der Waals surface area contributed by atoms with Crippen LogP contribution in [0.2, 0.25) is 0 Å². The standard InChI is InChI=1S/2C13H9NOS.Be.2H/c2*15-11-7-3-1-5-9(11)13-14-10-6-2-4-8-12(10)16-13;;;/h2*1-8,15H;;;. The number of hydrogen-bond acceptors (Lipinski definition) is 6. The molecule has 4 aromatic carbocycles. The van der Waals surface area contributed by atoms with Crippen molar-refractivity contribution in [1.29, 1.82) is 0 Å². The van der Waals surface area contributed by atoms with Crippen molar-refractivity contribution in [2.45, 2.75) is 0 Å². The minimum absolute atomic E-state index is 0. The zero-order chi connectivity index (χ0) is 21.9. The topological polar surface area (TPSA) is 66.2 Å². The first kappa shape index (κ1) is 22.6. The Hall–Kier alpha value is -3.57. The van der Waals surface area contributed by atoms with Crippen LogP contribution in [0.4, 0.5) is 0 Å². The maximum atomic E-state index is 9.76. The van der Waals surface area contributed by atoms with Crippen molar-refractivity contribution >= 4 is 53.2 Å². The summed E-state index contributed by atoms with van der Waals surface area (Å²) in [6.07, 6.45) is 0. The van der Waals surface area contributed by atoms with Crippen LogP contribution in [0.1, 0.15) is 0 Å². The van der Waals surface area contributed by atoms with Crippen LogP contribution in [0.25, 0.3) is 41.6 Å². The first-order valence-corrected chi connectivity index (χ1v) is 11.6. The monoisotopic (exact) mass is 465 g/mol. The summed E-state index contributed by atoms with van der Waals surface area (Å²) in [6, 6.07) is 30.5. The van der Waals surface area contributed by atoms with Crippen LogP contribution < -0.4 is 0 Å². The Morgan fingerprint density at radius 2 is 0.848 bits per heavy atom. The predicted octanol–water partition coefficient (Wildman–Crippen LogP) is 6.42. The molecular weight excluding hydrogens is 445 g/mol. The molecule has 0 aliphatic carbocycles. The van der Waals surface area contributed by atoms with Crippen molar-refractivity contribution in [3.05, 3.63) is 97.1 Å². The molecule has 160 valence electrons. The van der Waals surface area contributed by atoms with Crippen LogP contribution in [-0.4, -0.2) is 30.3 Å². The molecule has 2 heterocycles. The Labute approximate surface area is 202 Å². The van der Waals surface area contributed by atoms with E-state index in [1.165, 1.54) is 0 Å². The third-order valence-electron chi connectivity index (χ3n) is 4.86. The number of benzene rings is 4. The van der Waals surface area contributed by atoms with E-state index in [4.69, 9.17) is 0 Å². The number of para-hydroxylation sites is 4. The molecule has 0 fully saturated rings.